The van der Waals surface area contributed by atoms with E-state index in [0.717, 1.165) is 35.6 Å². The maximum atomic E-state index is 13.5. The number of benzene rings is 1. The van der Waals surface area contributed by atoms with Crippen molar-refractivity contribution >= 4 is 39.1 Å². The molecule has 1 atom stereocenters. The highest BCUT2D eigenvalue weighted by atomic mass is 35.5. The van der Waals surface area contributed by atoms with Gasteiger partial charge in [-0.05, 0) is 56.9 Å². The summed E-state index contributed by atoms with van der Waals surface area (Å²) in [6.45, 7) is 4.89. The van der Waals surface area contributed by atoms with Crippen LogP contribution in [-0.4, -0.2) is 55.0 Å². The van der Waals surface area contributed by atoms with E-state index in [1.54, 1.807) is 32.0 Å². The fourth-order valence-electron chi connectivity index (χ4n) is 4.40. The van der Waals surface area contributed by atoms with Crippen molar-refractivity contribution in [3.05, 3.63) is 28.8 Å². The molecular formula is C21H30ClN3O4S. The number of amides is 2. The first kappa shape index (κ1) is 23.0. The van der Waals surface area contributed by atoms with Crippen LogP contribution in [0.2, 0.25) is 5.02 Å². The van der Waals surface area contributed by atoms with Crippen LogP contribution in [0.3, 0.4) is 0 Å². The molecule has 9 heteroatoms. The van der Waals surface area contributed by atoms with Crippen molar-refractivity contribution in [1.29, 1.82) is 0 Å². The smallest absolute Gasteiger partial charge is 0.247 e. The molecule has 1 heterocycles. The molecule has 166 valence electrons. The van der Waals surface area contributed by atoms with E-state index >= 15 is 0 Å². The lowest BCUT2D eigenvalue weighted by Gasteiger charge is -2.47. The number of sulfonamides is 1. The van der Waals surface area contributed by atoms with Crippen molar-refractivity contribution in [1.82, 2.24) is 9.62 Å². The van der Waals surface area contributed by atoms with Crippen LogP contribution in [-0.2, 0) is 19.6 Å². The minimum Gasteiger partial charge on any atom is -0.351 e. The van der Waals surface area contributed by atoms with Gasteiger partial charge < -0.3 is 5.32 Å². The Hall–Kier alpha value is -1.64. The van der Waals surface area contributed by atoms with Crippen molar-refractivity contribution in [2.24, 2.45) is 0 Å². The van der Waals surface area contributed by atoms with Gasteiger partial charge >= 0.3 is 0 Å². The summed E-state index contributed by atoms with van der Waals surface area (Å²) in [6, 6.07) is 5.18. The van der Waals surface area contributed by atoms with E-state index in [4.69, 9.17) is 11.6 Å². The van der Waals surface area contributed by atoms with Gasteiger partial charge in [0.15, 0.2) is 0 Å². The molecular weight excluding hydrogens is 426 g/mol. The Kier molecular flexibility index (Phi) is 6.79. The zero-order chi connectivity index (χ0) is 22.1. The lowest BCUT2D eigenvalue weighted by Crippen LogP contribution is -2.71. The third-order valence-electron chi connectivity index (χ3n) is 5.97. The van der Waals surface area contributed by atoms with E-state index < -0.39 is 21.5 Å². The standard InChI is InChI=1S/C21H30ClN3O4S/c1-4-11-30(28,29)24-13-19(26)25(18-10-9-16(22)12-15(18)2)21(3,14-24)20(27)23-17-7-5-6-8-17/h9-10,12,17H,4-8,11,13-14H2,1-3H3,(H,23,27). The van der Waals surface area contributed by atoms with Crippen LogP contribution in [0.1, 0.15) is 51.5 Å². The number of hydrogen-bond acceptors (Lipinski definition) is 4. The number of carbonyl (C=O) groups is 2. The van der Waals surface area contributed by atoms with Crippen molar-refractivity contribution in [3.8, 4) is 0 Å². The molecule has 2 aliphatic rings. The Balaban J connectivity index is 2.02. The summed E-state index contributed by atoms with van der Waals surface area (Å²) in [7, 11) is -3.64. The topological polar surface area (TPSA) is 86.8 Å². The number of carbonyl (C=O) groups excluding carboxylic acids is 2. The Morgan fingerprint density at radius 2 is 1.97 bits per heavy atom. The van der Waals surface area contributed by atoms with Gasteiger partial charge in [-0.3, -0.25) is 14.5 Å². The lowest BCUT2D eigenvalue weighted by molar-refractivity contribution is -0.133. The largest absolute Gasteiger partial charge is 0.351 e. The molecule has 1 aromatic rings. The van der Waals surface area contributed by atoms with Gasteiger partial charge in [0, 0.05) is 23.3 Å². The molecule has 0 aromatic heterocycles. The normalized spacial score (nSPS) is 23.7. The van der Waals surface area contributed by atoms with Crippen molar-refractivity contribution < 1.29 is 18.0 Å². The molecule has 0 spiro atoms. The molecule has 1 aliphatic heterocycles. The molecule has 7 nitrogen and oxygen atoms in total. The SMILES string of the molecule is CCCS(=O)(=O)N1CC(=O)N(c2ccc(Cl)cc2C)C(C)(C(=O)NC2CCCC2)C1. The van der Waals surface area contributed by atoms with Crippen LogP contribution in [0.15, 0.2) is 18.2 Å². The second-order valence-corrected chi connectivity index (χ2v) is 11.0. The van der Waals surface area contributed by atoms with Gasteiger partial charge in [0.1, 0.15) is 5.54 Å². The third-order valence-corrected chi connectivity index (χ3v) is 8.18. The molecule has 1 unspecified atom stereocenters. The Bertz CT molecular complexity index is 930. The first-order valence-corrected chi connectivity index (χ1v) is 12.4. The minimum atomic E-state index is -3.64. The third kappa shape index (κ3) is 4.50. The van der Waals surface area contributed by atoms with E-state index in [0.29, 0.717) is 17.1 Å². The molecule has 0 radical (unpaired) electrons. The van der Waals surface area contributed by atoms with E-state index in [1.165, 1.54) is 4.90 Å². The zero-order valence-corrected chi connectivity index (χ0v) is 19.4. The summed E-state index contributed by atoms with van der Waals surface area (Å²) in [5, 5.41) is 3.60. The fourth-order valence-corrected chi connectivity index (χ4v) is 6.16. The summed E-state index contributed by atoms with van der Waals surface area (Å²) in [6.07, 6.45) is 4.34. The minimum absolute atomic E-state index is 0.0550. The van der Waals surface area contributed by atoms with Crippen LogP contribution in [0.4, 0.5) is 5.69 Å². The summed E-state index contributed by atoms with van der Waals surface area (Å²) in [5.74, 6) is -0.801. The Morgan fingerprint density at radius 1 is 1.30 bits per heavy atom. The maximum Gasteiger partial charge on any atom is 0.247 e. The molecule has 3 rings (SSSR count). The van der Waals surface area contributed by atoms with Crippen molar-refractivity contribution in [3.63, 3.8) is 0 Å². The monoisotopic (exact) mass is 455 g/mol. The molecule has 1 saturated heterocycles. The van der Waals surface area contributed by atoms with E-state index in [-0.39, 0.29) is 30.8 Å². The maximum absolute atomic E-state index is 13.5. The van der Waals surface area contributed by atoms with Crippen LogP contribution in [0.5, 0.6) is 0 Å². The molecule has 30 heavy (non-hydrogen) atoms. The quantitative estimate of drug-likeness (QED) is 0.714. The molecule has 0 bridgehead atoms. The number of nitrogens with one attached hydrogen (secondary N) is 1. The number of rotatable bonds is 6. The number of piperazine rings is 1. The van der Waals surface area contributed by atoms with E-state index in [2.05, 4.69) is 5.32 Å². The van der Waals surface area contributed by atoms with Gasteiger partial charge in [0.2, 0.25) is 21.8 Å². The average Bonchev–Trinajstić information content (AvgIpc) is 3.15. The summed E-state index contributed by atoms with van der Waals surface area (Å²) in [4.78, 5) is 28.2. The summed E-state index contributed by atoms with van der Waals surface area (Å²) in [5.41, 5.74) is -0.0428. The number of anilines is 1. The number of nitrogens with zero attached hydrogens (tertiary/aromatic N) is 2. The zero-order valence-electron chi connectivity index (χ0n) is 17.8. The Labute approximate surface area is 183 Å². The lowest BCUT2D eigenvalue weighted by atomic mass is 9.93. The van der Waals surface area contributed by atoms with E-state index in [9.17, 15) is 18.0 Å². The molecule has 1 aromatic carbocycles. The second-order valence-electron chi connectivity index (χ2n) is 8.47. The van der Waals surface area contributed by atoms with Crippen LogP contribution < -0.4 is 10.2 Å². The average molecular weight is 456 g/mol. The van der Waals surface area contributed by atoms with Crippen LogP contribution >= 0.6 is 11.6 Å². The molecule has 1 saturated carbocycles. The fraction of sp³-hybridized carbons (Fsp3) is 0.619. The van der Waals surface area contributed by atoms with E-state index in [1.807, 2.05) is 6.92 Å². The van der Waals surface area contributed by atoms with Gasteiger partial charge in [-0.1, -0.05) is 31.4 Å². The summed E-state index contributed by atoms with van der Waals surface area (Å²) >= 11 is 6.09. The molecule has 1 aliphatic carbocycles. The second kappa shape index (κ2) is 8.85. The summed E-state index contributed by atoms with van der Waals surface area (Å²) < 4.78 is 26.7. The molecule has 2 fully saturated rings. The van der Waals surface area contributed by atoms with Gasteiger partial charge in [-0.15, -0.1) is 0 Å². The predicted molar refractivity (Wildman–Crippen MR) is 118 cm³/mol. The van der Waals surface area contributed by atoms with Gasteiger partial charge in [0.05, 0.1) is 12.3 Å². The van der Waals surface area contributed by atoms with Crippen LogP contribution in [0.25, 0.3) is 0 Å². The molecule has 1 N–H and O–H groups in total. The van der Waals surface area contributed by atoms with Gasteiger partial charge in [-0.2, -0.15) is 4.31 Å². The Morgan fingerprint density at radius 3 is 2.57 bits per heavy atom. The first-order chi connectivity index (χ1) is 14.1. The molecule has 2 amide bonds. The highest BCUT2D eigenvalue weighted by molar-refractivity contribution is 7.89. The van der Waals surface area contributed by atoms with Crippen molar-refractivity contribution in [2.45, 2.75) is 64.5 Å². The predicted octanol–water partition coefficient (Wildman–Crippen LogP) is 2.85. The first-order valence-electron chi connectivity index (χ1n) is 10.5. The van der Waals surface area contributed by atoms with Crippen molar-refractivity contribution in [2.75, 3.05) is 23.7 Å². The van der Waals surface area contributed by atoms with Crippen LogP contribution in [0, 0.1) is 6.92 Å². The number of hydrogen-bond donors (Lipinski definition) is 1. The number of halogens is 1. The number of aryl methyl sites for hydroxylation is 1. The van der Waals surface area contributed by atoms with Gasteiger partial charge in [-0.25, -0.2) is 8.42 Å². The van der Waals surface area contributed by atoms with Gasteiger partial charge in [0.25, 0.3) is 0 Å². The highest BCUT2D eigenvalue weighted by Gasteiger charge is 2.51. The highest BCUT2D eigenvalue weighted by Crippen LogP contribution is 2.34.